The first kappa shape index (κ1) is 20.8. The van der Waals surface area contributed by atoms with Gasteiger partial charge in [0.1, 0.15) is 17.7 Å². The summed E-state index contributed by atoms with van der Waals surface area (Å²) in [5.74, 6) is -5.28. The highest BCUT2D eigenvalue weighted by molar-refractivity contribution is 6.10. The number of aromatic hydroxyl groups is 2. The minimum Gasteiger partial charge on any atom is -0.506 e. The third kappa shape index (κ3) is 4.09. The van der Waals surface area contributed by atoms with Gasteiger partial charge >= 0.3 is 5.97 Å². The normalized spacial score (nSPS) is 13.7. The van der Waals surface area contributed by atoms with E-state index in [1.807, 2.05) is 5.32 Å². The van der Waals surface area contributed by atoms with Crippen LogP contribution in [0.5, 0.6) is 11.6 Å². The summed E-state index contributed by atoms with van der Waals surface area (Å²) in [5.41, 5.74) is -2.21. The van der Waals surface area contributed by atoms with Crippen molar-refractivity contribution in [3.8, 4) is 11.6 Å². The first-order valence-corrected chi connectivity index (χ1v) is 9.23. The highest BCUT2D eigenvalue weighted by Crippen LogP contribution is 2.36. The predicted octanol–water partition coefficient (Wildman–Crippen LogP) is 0.836. The SMILES string of the molecule is O=C(O)CNC(=O)c1c(O)c(C(=O)Nc2cccnc2)c(O)n(C2CCCC2)c1=O. The van der Waals surface area contributed by atoms with Crippen LogP contribution in [0.4, 0.5) is 5.69 Å². The lowest BCUT2D eigenvalue weighted by atomic mass is 10.1. The Labute approximate surface area is 170 Å². The molecule has 0 radical (unpaired) electrons. The molecule has 1 saturated carbocycles. The second-order valence-electron chi connectivity index (χ2n) is 6.81. The van der Waals surface area contributed by atoms with Gasteiger partial charge in [-0.3, -0.25) is 28.7 Å². The van der Waals surface area contributed by atoms with Crippen LogP contribution in [0.15, 0.2) is 29.3 Å². The maximum Gasteiger partial charge on any atom is 0.322 e. The molecule has 0 unspecified atom stereocenters. The van der Waals surface area contributed by atoms with Crippen molar-refractivity contribution in [3.63, 3.8) is 0 Å². The molecule has 1 fully saturated rings. The van der Waals surface area contributed by atoms with Crippen LogP contribution in [0.25, 0.3) is 0 Å². The van der Waals surface area contributed by atoms with E-state index in [0.717, 1.165) is 17.4 Å². The van der Waals surface area contributed by atoms with E-state index in [0.29, 0.717) is 12.8 Å². The fourth-order valence-corrected chi connectivity index (χ4v) is 3.46. The van der Waals surface area contributed by atoms with Crippen molar-refractivity contribution in [2.24, 2.45) is 0 Å². The molecule has 0 aromatic carbocycles. The fourth-order valence-electron chi connectivity index (χ4n) is 3.46. The van der Waals surface area contributed by atoms with Crippen molar-refractivity contribution in [3.05, 3.63) is 46.0 Å². The summed E-state index contributed by atoms with van der Waals surface area (Å²) in [4.78, 5) is 52.7. The van der Waals surface area contributed by atoms with Crippen molar-refractivity contribution < 1.29 is 29.7 Å². The molecule has 2 amide bonds. The zero-order chi connectivity index (χ0) is 21.8. The molecule has 11 heteroatoms. The average molecular weight is 416 g/mol. The molecule has 2 heterocycles. The lowest BCUT2D eigenvalue weighted by Crippen LogP contribution is -2.37. The molecule has 1 aliphatic rings. The number of amides is 2. The third-order valence-corrected chi connectivity index (χ3v) is 4.82. The van der Waals surface area contributed by atoms with Gasteiger partial charge in [-0.15, -0.1) is 0 Å². The third-order valence-electron chi connectivity index (χ3n) is 4.82. The Morgan fingerprint density at radius 3 is 2.43 bits per heavy atom. The molecule has 11 nitrogen and oxygen atoms in total. The highest BCUT2D eigenvalue weighted by Gasteiger charge is 2.33. The summed E-state index contributed by atoms with van der Waals surface area (Å²) in [5, 5.41) is 34.4. The van der Waals surface area contributed by atoms with E-state index in [1.165, 1.54) is 18.5 Å². The molecule has 3 rings (SSSR count). The number of carboxylic acids is 1. The molecule has 0 spiro atoms. The number of anilines is 1. The molecule has 0 atom stereocenters. The van der Waals surface area contributed by atoms with Crippen LogP contribution in [-0.4, -0.2) is 49.2 Å². The Balaban J connectivity index is 2.12. The van der Waals surface area contributed by atoms with Gasteiger partial charge in [0.25, 0.3) is 17.4 Å². The molecular formula is C19H20N4O7. The fraction of sp³-hybridized carbons (Fsp3) is 0.316. The molecule has 2 aromatic rings. The van der Waals surface area contributed by atoms with E-state index in [-0.39, 0.29) is 5.69 Å². The number of hydrogen-bond acceptors (Lipinski definition) is 7. The number of carbonyl (C=O) groups excluding carboxylic acids is 2. The lowest BCUT2D eigenvalue weighted by molar-refractivity contribution is -0.135. The zero-order valence-electron chi connectivity index (χ0n) is 15.8. The van der Waals surface area contributed by atoms with E-state index in [1.54, 1.807) is 6.07 Å². The Morgan fingerprint density at radius 2 is 1.83 bits per heavy atom. The van der Waals surface area contributed by atoms with Gasteiger partial charge in [-0.05, 0) is 25.0 Å². The van der Waals surface area contributed by atoms with Gasteiger partial charge in [0.15, 0.2) is 5.75 Å². The smallest absolute Gasteiger partial charge is 0.322 e. The van der Waals surface area contributed by atoms with Crippen LogP contribution in [0.1, 0.15) is 52.4 Å². The Morgan fingerprint density at radius 1 is 1.13 bits per heavy atom. The van der Waals surface area contributed by atoms with E-state index in [4.69, 9.17) is 5.11 Å². The van der Waals surface area contributed by atoms with Gasteiger partial charge in [0.2, 0.25) is 5.88 Å². The second kappa shape index (κ2) is 8.64. The van der Waals surface area contributed by atoms with Crippen molar-refractivity contribution in [1.82, 2.24) is 14.9 Å². The van der Waals surface area contributed by atoms with Gasteiger partial charge in [0, 0.05) is 12.2 Å². The van der Waals surface area contributed by atoms with E-state index < -0.39 is 58.7 Å². The molecule has 1 aliphatic carbocycles. The molecule has 158 valence electrons. The van der Waals surface area contributed by atoms with E-state index in [9.17, 15) is 29.4 Å². The second-order valence-corrected chi connectivity index (χ2v) is 6.81. The Kier molecular flexibility index (Phi) is 6.00. The summed E-state index contributed by atoms with van der Waals surface area (Å²) in [6.45, 7) is -0.792. The van der Waals surface area contributed by atoms with E-state index in [2.05, 4.69) is 10.3 Å². The summed E-state index contributed by atoms with van der Waals surface area (Å²) in [6, 6.07) is 2.61. The first-order chi connectivity index (χ1) is 14.3. The maximum absolute atomic E-state index is 12.9. The number of hydrogen-bond donors (Lipinski definition) is 5. The molecule has 30 heavy (non-hydrogen) atoms. The van der Waals surface area contributed by atoms with Crippen LogP contribution in [0.3, 0.4) is 0 Å². The molecular weight excluding hydrogens is 396 g/mol. The van der Waals surface area contributed by atoms with Crippen LogP contribution in [0, 0.1) is 0 Å². The lowest BCUT2D eigenvalue weighted by Gasteiger charge is -2.20. The standard InChI is InChI=1S/C19H20N4O7/c24-12(25)9-21-16(27)13-15(26)14(17(28)22-10-4-3-7-20-8-10)19(30)23(18(13)29)11-5-1-2-6-11/h3-4,7-8,11,26,30H,1-2,5-6,9H2,(H,21,27)(H,22,28)(H,24,25). The van der Waals surface area contributed by atoms with E-state index >= 15 is 0 Å². The van der Waals surface area contributed by atoms with Gasteiger partial charge in [-0.2, -0.15) is 0 Å². The number of pyridine rings is 2. The summed E-state index contributed by atoms with van der Waals surface area (Å²) >= 11 is 0. The van der Waals surface area contributed by atoms with Crippen molar-refractivity contribution in [2.75, 3.05) is 11.9 Å². The minimum absolute atomic E-state index is 0.261. The van der Waals surface area contributed by atoms with Gasteiger partial charge in [-0.1, -0.05) is 12.8 Å². The Bertz CT molecular complexity index is 1040. The topological polar surface area (TPSA) is 171 Å². The number of rotatable bonds is 6. The molecule has 0 saturated heterocycles. The van der Waals surface area contributed by atoms with Gasteiger partial charge < -0.3 is 26.0 Å². The number of aromatic nitrogens is 2. The van der Waals surface area contributed by atoms with Crippen LogP contribution >= 0.6 is 0 Å². The van der Waals surface area contributed by atoms with Crippen LogP contribution in [0.2, 0.25) is 0 Å². The zero-order valence-corrected chi connectivity index (χ0v) is 15.8. The van der Waals surface area contributed by atoms with Gasteiger partial charge in [-0.25, -0.2) is 0 Å². The number of nitrogens with one attached hydrogen (secondary N) is 2. The predicted molar refractivity (Wildman–Crippen MR) is 104 cm³/mol. The average Bonchev–Trinajstić information content (AvgIpc) is 3.21. The monoisotopic (exact) mass is 416 g/mol. The number of carboxylic acid groups (broad SMARTS) is 1. The number of carbonyl (C=O) groups is 3. The quantitative estimate of drug-likeness (QED) is 0.461. The molecule has 0 bridgehead atoms. The van der Waals surface area contributed by atoms with Gasteiger partial charge in [0.05, 0.1) is 11.9 Å². The highest BCUT2D eigenvalue weighted by atomic mass is 16.4. The van der Waals surface area contributed by atoms with Crippen molar-refractivity contribution in [2.45, 2.75) is 31.7 Å². The molecule has 5 N–H and O–H groups in total. The summed E-state index contributed by atoms with van der Waals surface area (Å²) < 4.78 is 0.917. The largest absolute Gasteiger partial charge is 0.506 e. The minimum atomic E-state index is -1.35. The van der Waals surface area contributed by atoms with Crippen LogP contribution < -0.4 is 16.2 Å². The molecule has 2 aromatic heterocycles. The first-order valence-electron chi connectivity index (χ1n) is 9.23. The van der Waals surface area contributed by atoms with Crippen LogP contribution in [-0.2, 0) is 4.79 Å². The summed E-state index contributed by atoms with van der Waals surface area (Å²) in [7, 11) is 0. The van der Waals surface area contributed by atoms with Crippen molar-refractivity contribution in [1.29, 1.82) is 0 Å². The molecule has 0 aliphatic heterocycles. The Hall–Kier alpha value is -3.89. The number of nitrogens with zero attached hydrogens (tertiary/aromatic N) is 2. The summed E-state index contributed by atoms with van der Waals surface area (Å²) in [6.07, 6.45) is 5.47. The number of aliphatic carboxylic acids is 1. The van der Waals surface area contributed by atoms with Crippen molar-refractivity contribution >= 4 is 23.5 Å². The maximum atomic E-state index is 12.9.